The molecule has 1 heterocycles. The maximum Gasteiger partial charge on any atom is 0.275 e. The maximum absolute atomic E-state index is 11.9. The van der Waals surface area contributed by atoms with Crippen LogP contribution in [0, 0.1) is 6.92 Å². The third-order valence-corrected chi connectivity index (χ3v) is 4.51. The van der Waals surface area contributed by atoms with Gasteiger partial charge in [0.2, 0.25) is 5.91 Å². The van der Waals surface area contributed by atoms with Gasteiger partial charge in [-0.2, -0.15) is 0 Å². The van der Waals surface area contributed by atoms with Crippen LogP contribution in [0.25, 0.3) is 0 Å². The highest BCUT2D eigenvalue weighted by atomic mass is 32.1. The molecule has 1 aromatic heterocycles. The van der Waals surface area contributed by atoms with Crippen molar-refractivity contribution in [3.63, 3.8) is 0 Å². The lowest BCUT2D eigenvalue weighted by atomic mass is 10.0. The molecule has 6 heteroatoms. The summed E-state index contributed by atoms with van der Waals surface area (Å²) in [5, 5.41) is 9.13. The van der Waals surface area contributed by atoms with Gasteiger partial charge < -0.3 is 16.0 Å². The van der Waals surface area contributed by atoms with Gasteiger partial charge in [0.05, 0.1) is 11.4 Å². The fourth-order valence-electron chi connectivity index (χ4n) is 2.22. The standard InChI is InChI=1S/C17H21N3O2S/c1-12-5-7-13(8-6-12)17(14-4-3-9-23-14)20-11-16(22)19-10-15(21)18-2/h3-9,17,20H,10-11H2,1-2H3,(H,18,21)(H,19,22)/p+1/t17-/m1/s1. The Kier molecular flexibility index (Phi) is 6.31. The zero-order valence-corrected chi connectivity index (χ0v) is 14.2. The molecule has 0 saturated heterocycles. The van der Waals surface area contributed by atoms with E-state index in [4.69, 9.17) is 0 Å². The molecule has 0 unspecified atom stereocenters. The number of benzene rings is 1. The molecule has 2 rings (SSSR count). The Morgan fingerprint density at radius 3 is 2.52 bits per heavy atom. The third-order valence-electron chi connectivity index (χ3n) is 3.55. The normalized spacial score (nSPS) is 11.7. The summed E-state index contributed by atoms with van der Waals surface area (Å²) in [6.45, 7) is 2.34. The number of nitrogens with two attached hydrogens (primary N) is 1. The van der Waals surface area contributed by atoms with Crippen molar-refractivity contribution in [2.75, 3.05) is 20.1 Å². The van der Waals surface area contributed by atoms with E-state index in [2.05, 4.69) is 47.9 Å². The Balaban J connectivity index is 2.00. The number of quaternary nitrogens is 1. The lowest BCUT2D eigenvalue weighted by Gasteiger charge is -2.15. The smallest absolute Gasteiger partial charge is 0.275 e. The van der Waals surface area contributed by atoms with E-state index in [-0.39, 0.29) is 30.9 Å². The first-order valence-electron chi connectivity index (χ1n) is 7.50. The van der Waals surface area contributed by atoms with Gasteiger partial charge >= 0.3 is 0 Å². The van der Waals surface area contributed by atoms with Crippen LogP contribution in [-0.4, -0.2) is 32.0 Å². The number of rotatable bonds is 7. The Hall–Kier alpha value is -2.18. The molecular formula is C17H22N3O2S+. The van der Waals surface area contributed by atoms with Gasteiger partial charge in [-0.15, -0.1) is 11.3 Å². The Bertz CT molecular complexity index is 638. The Morgan fingerprint density at radius 1 is 1.17 bits per heavy atom. The van der Waals surface area contributed by atoms with Crippen LogP contribution in [-0.2, 0) is 9.59 Å². The number of carbonyl (C=O) groups is 2. The zero-order chi connectivity index (χ0) is 16.7. The molecule has 1 aromatic carbocycles. The monoisotopic (exact) mass is 332 g/mol. The molecule has 0 aliphatic rings. The molecule has 0 spiro atoms. The first-order valence-corrected chi connectivity index (χ1v) is 8.38. The van der Waals surface area contributed by atoms with Gasteiger partial charge in [0.1, 0.15) is 6.04 Å². The minimum Gasteiger partial charge on any atom is -0.358 e. The fourth-order valence-corrected chi connectivity index (χ4v) is 3.07. The predicted octanol–water partition coefficient (Wildman–Crippen LogP) is 0.572. The van der Waals surface area contributed by atoms with Crippen molar-refractivity contribution in [1.82, 2.24) is 10.6 Å². The average molecular weight is 332 g/mol. The largest absolute Gasteiger partial charge is 0.358 e. The van der Waals surface area contributed by atoms with Gasteiger partial charge in [-0.3, -0.25) is 9.59 Å². The second-order valence-electron chi connectivity index (χ2n) is 5.29. The summed E-state index contributed by atoms with van der Waals surface area (Å²) in [6.07, 6.45) is 0. The number of hydrogen-bond donors (Lipinski definition) is 3. The molecule has 4 N–H and O–H groups in total. The van der Waals surface area contributed by atoms with E-state index < -0.39 is 0 Å². The Labute approximate surface area is 140 Å². The molecule has 0 radical (unpaired) electrons. The summed E-state index contributed by atoms with van der Waals surface area (Å²) in [4.78, 5) is 24.3. The van der Waals surface area contributed by atoms with Crippen LogP contribution in [0.2, 0.25) is 0 Å². The molecule has 0 fully saturated rings. The second kappa shape index (κ2) is 8.45. The number of nitrogens with one attached hydrogen (secondary N) is 2. The summed E-state index contributed by atoms with van der Waals surface area (Å²) in [6, 6.07) is 12.5. The van der Waals surface area contributed by atoms with E-state index in [0.29, 0.717) is 0 Å². The molecule has 2 amide bonds. The molecule has 1 atom stereocenters. The van der Waals surface area contributed by atoms with Crippen LogP contribution in [0.4, 0.5) is 0 Å². The van der Waals surface area contributed by atoms with Gasteiger partial charge in [-0.05, 0) is 18.4 Å². The number of amides is 2. The van der Waals surface area contributed by atoms with Crippen molar-refractivity contribution < 1.29 is 14.9 Å². The topological polar surface area (TPSA) is 74.8 Å². The number of carbonyl (C=O) groups excluding carboxylic acids is 2. The lowest BCUT2D eigenvalue weighted by molar-refractivity contribution is -0.676. The summed E-state index contributed by atoms with van der Waals surface area (Å²) in [5.74, 6) is -0.353. The lowest BCUT2D eigenvalue weighted by Crippen LogP contribution is -2.87. The van der Waals surface area contributed by atoms with Gasteiger partial charge in [0.25, 0.3) is 5.91 Å². The molecule has 0 aliphatic heterocycles. The molecule has 5 nitrogen and oxygen atoms in total. The molecule has 23 heavy (non-hydrogen) atoms. The van der Waals surface area contributed by atoms with Crippen LogP contribution in [0.15, 0.2) is 41.8 Å². The minimum atomic E-state index is -0.202. The fraction of sp³-hybridized carbons (Fsp3) is 0.294. The van der Waals surface area contributed by atoms with E-state index >= 15 is 0 Å². The highest BCUT2D eigenvalue weighted by molar-refractivity contribution is 7.10. The summed E-state index contributed by atoms with van der Waals surface area (Å²) < 4.78 is 0. The number of aryl methyl sites for hydroxylation is 1. The number of thiophene rings is 1. The van der Waals surface area contributed by atoms with E-state index in [1.165, 1.54) is 10.4 Å². The van der Waals surface area contributed by atoms with Gasteiger partial charge in [0, 0.05) is 12.6 Å². The summed E-state index contributed by atoms with van der Waals surface area (Å²) >= 11 is 1.68. The highest BCUT2D eigenvalue weighted by Crippen LogP contribution is 2.22. The molecule has 122 valence electrons. The highest BCUT2D eigenvalue weighted by Gasteiger charge is 2.20. The van der Waals surface area contributed by atoms with E-state index in [1.807, 2.05) is 16.8 Å². The quantitative estimate of drug-likeness (QED) is 0.693. The van der Waals surface area contributed by atoms with E-state index in [0.717, 1.165) is 5.56 Å². The number of hydrogen-bond acceptors (Lipinski definition) is 3. The molecule has 0 bridgehead atoms. The third kappa shape index (κ3) is 5.19. The van der Waals surface area contributed by atoms with Crippen molar-refractivity contribution in [2.24, 2.45) is 0 Å². The predicted molar refractivity (Wildman–Crippen MR) is 91.2 cm³/mol. The van der Waals surface area contributed by atoms with Gasteiger partial charge in [-0.25, -0.2) is 0 Å². The summed E-state index contributed by atoms with van der Waals surface area (Å²) in [7, 11) is 1.55. The van der Waals surface area contributed by atoms with Crippen LogP contribution in [0.5, 0.6) is 0 Å². The Morgan fingerprint density at radius 2 is 1.91 bits per heavy atom. The van der Waals surface area contributed by atoms with Gasteiger partial charge in [0.15, 0.2) is 6.54 Å². The minimum absolute atomic E-state index is 0.0113. The van der Waals surface area contributed by atoms with Crippen LogP contribution >= 0.6 is 11.3 Å². The first kappa shape index (κ1) is 17.2. The zero-order valence-electron chi connectivity index (χ0n) is 13.3. The maximum atomic E-state index is 11.9. The van der Waals surface area contributed by atoms with Crippen molar-refractivity contribution in [3.8, 4) is 0 Å². The average Bonchev–Trinajstić information content (AvgIpc) is 3.08. The van der Waals surface area contributed by atoms with Crippen LogP contribution < -0.4 is 16.0 Å². The van der Waals surface area contributed by atoms with Crippen LogP contribution in [0.3, 0.4) is 0 Å². The summed E-state index contributed by atoms with van der Waals surface area (Å²) in [5.41, 5.74) is 2.37. The van der Waals surface area contributed by atoms with E-state index in [9.17, 15) is 9.59 Å². The molecule has 0 aliphatic carbocycles. The van der Waals surface area contributed by atoms with Crippen molar-refractivity contribution in [3.05, 3.63) is 57.8 Å². The SMILES string of the molecule is CNC(=O)CNC(=O)C[NH2+][C@H](c1ccc(C)cc1)c1cccs1. The van der Waals surface area contributed by atoms with Crippen molar-refractivity contribution >= 4 is 23.2 Å². The first-order chi connectivity index (χ1) is 11.1. The molecular weight excluding hydrogens is 310 g/mol. The molecule has 0 saturated carbocycles. The van der Waals surface area contributed by atoms with Gasteiger partial charge in [-0.1, -0.05) is 35.9 Å². The van der Waals surface area contributed by atoms with Crippen LogP contribution in [0.1, 0.15) is 22.0 Å². The number of likely N-dealkylation sites (N-methyl/N-ethyl adjacent to an activating group) is 1. The van der Waals surface area contributed by atoms with Crippen molar-refractivity contribution in [1.29, 1.82) is 0 Å². The second-order valence-corrected chi connectivity index (χ2v) is 6.27. The van der Waals surface area contributed by atoms with E-state index in [1.54, 1.807) is 18.4 Å². The van der Waals surface area contributed by atoms with Crippen molar-refractivity contribution in [2.45, 2.75) is 13.0 Å². The molecule has 2 aromatic rings.